The summed E-state index contributed by atoms with van der Waals surface area (Å²) in [5.41, 5.74) is 1.81. The lowest BCUT2D eigenvalue weighted by molar-refractivity contribution is 1.23. The van der Waals surface area contributed by atoms with E-state index in [1.807, 2.05) is 30.5 Å². The van der Waals surface area contributed by atoms with E-state index in [9.17, 15) is 0 Å². The molecule has 6 heteroatoms. The first-order valence-corrected chi connectivity index (χ1v) is 7.86. The summed E-state index contributed by atoms with van der Waals surface area (Å²) in [4.78, 5) is 9.76. The second-order valence-corrected chi connectivity index (χ2v) is 6.51. The van der Waals surface area contributed by atoms with Crippen molar-refractivity contribution in [1.82, 2.24) is 9.97 Å². The fraction of sp³-hybridized carbons (Fsp3) is 0.0769. The Morgan fingerprint density at radius 2 is 2.00 bits per heavy atom. The number of fused-ring (bicyclic) bond motifs is 1. The normalized spacial score (nSPS) is 11.2. The van der Waals surface area contributed by atoms with Gasteiger partial charge in [-0.2, -0.15) is 0 Å². The third-order valence-corrected chi connectivity index (χ3v) is 5.35. The van der Waals surface area contributed by atoms with E-state index < -0.39 is 0 Å². The summed E-state index contributed by atoms with van der Waals surface area (Å²) in [5, 5.41) is 3.93. The highest BCUT2D eigenvalue weighted by Crippen LogP contribution is 2.37. The molecule has 96 valence electrons. The zero-order chi connectivity index (χ0) is 13.6. The van der Waals surface area contributed by atoms with E-state index in [0.717, 1.165) is 25.8 Å². The van der Waals surface area contributed by atoms with E-state index in [-0.39, 0.29) is 0 Å². The first-order valence-electron chi connectivity index (χ1n) is 5.43. The number of halogens is 3. The molecular weight excluding hydrogens is 367 g/mol. The maximum atomic E-state index is 6.26. The third kappa shape index (κ3) is 2.27. The standard InChI is InChI=1S/C13H7BrCl2N2S/c1-6-5-19-11(9(6)15)13-17-10-7(12(16)18-13)3-2-4-8(10)14/h2-5H,1H3. The van der Waals surface area contributed by atoms with Crippen LogP contribution in [0.25, 0.3) is 21.6 Å². The Kier molecular flexibility index (Phi) is 3.52. The number of thiophene rings is 1. The predicted octanol–water partition coefficient (Wildman–Crippen LogP) is 5.74. The van der Waals surface area contributed by atoms with Crippen LogP contribution in [-0.4, -0.2) is 9.97 Å². The number of nitrogens with zero attached hydrogens (tertiary/aromatic N) is 2. The molecule has 0 unspecified atom stereocenters. The summed E-state index contributed by atoms with van der Waals surface area (Å²) in [5.74, 6) is 0.563. The zero-order valence-electron chi connectivity index (χ0n) is 9.75. The maximum absolute atomic E-state index is 6.26. The topological polar surface area (TPSA) is 25.8 Å². The maximum Gasteiger partial charge on any atom is 0.173 e. The smallest absolute Gasteiger partial charge is 0.173 e. The Bertz CT molecular complexity index is 786. The van der Waals surface area contributed by atoms with Crippen LogP contribution in [-0.2, 0) is 0 Å². The van der Waals surface area contributed by atoms with Crippen LogP contribution < -0.4 is 0 Å². The Labute approximate surface area is 132 Å². The largest absolute Gasteiger partial charge is 0.226 e. The highest BCUT2D eigenvalue weighted by Gasteiger charge is 2.15. The van der Waals surface area contributed by atoms with Crippen molar-refractivity contribution in [2.75, 3.05) is 0 Å². The summed E-state index contributed by atoms with van der Waals surface area (Å²) in [6.45, 7) is 1.96. The molecular formula is C13H7BrCl2N2S. The van der Waals surface area contributed by atoms with Crippen LogP contribution in [0.2, 0.25) is 10.2 Å². The summed E-state index contributed by atoms with van der Waals surface area (Å²) in [6.07, 6.45) is 0. The fourth-order valence-corrected chi connectivity index (χ4v) is 3.66. The molecule has 0 bridgehead atoms. The van der Waals surface area contributed by atoms with Gasteiger partial charge in [-0.05, 0) is 45.9 Å². The van der Waals surface area contributed by atoms with Crippen LogP contribution in [0.1, 0.15) is 5.56 Å². The van der Waals surface area contributed by atoms with Crippen molar-refractivity contribution in [2.45, 2.75) is 6.92 Å². The van der Waals surface area contributed by atoms with Crippen LogP contribution in [0.15, 0.2) is 28.1 Å². The lowest BCUT2D eigenvalue weighted by Crippen LogP contribution is -1.91. The van der Waals surface area contributed by atoms with Crippen molar-refractivity contribution >= 4 is 61.4 Å². The molecule has 3 aromatic rings. The van der Waals surface area contributed by atoms with E-state index >= 15 is 0 Å². The molecule has 3 rings (SSSR count). The number of aromatic nitrogens is 2. The van der Waals surface area contributed by atoms with Gasteiger partial charge in [0, 0.05) is 9.86 Å². The molecule has 19 heavy (non-hydrogen) atoms. The summed E-state index contributed by atoms with van der Waals surface area (Å²) >= 11 is 17.5. The number of para-hydroxylation sites is 1. The van der Waals surface area contributed by atoms with E-state index in [1.54, 1.807) is 0 Å². The van der Waals surface area contributed by atoms with E-state index in [0.29, 0.717) is 16.0 Å². The van der Waals surface area contributed by atoms with Crippen molar-refractivity contribution in [3.63, 3.8) is 0 Å². The molecule has 0 atom stereocenters. The third-order valence-electron chi connectivity index (χ3n) is 2.73. The lowest BCUT2D eigenvalue weighted by Gasteiger charge is -2.05. The molecule has 0 aliphatic rings. The van der Waals surface area contributed by atoms with Crippen molar-refractivity contribution in [3.8, 4) is 10.7 Å². The molecule has 0 amide bonds. The van der Waals surface area contributed by atoms with Gasteiger partial charge in [0.2, 0.25) is 0 Å². The molecule has 0 N–H and O–H groups in total. The summed E-state index contributed by atoms with van der Waals surface area (Å²) < 4.78 is 0.889. The van der Waals surface area contributed by atoms with Gasteiger partial charge in [0.25, 0.3) is 0 Å². The minimum atomic E-state index is 0.434. The summed E-state index contributed by atoms with van der Waals surface area (Å²) in [6, 6.07) is 5.73. The molecule has 0 aliphatic heterocycles. The van der Waals surface area contributed by atoms with Crippen LogP contribution in [0, 0.1) is 6.92 Å². The second-order valence-electron chi connectivity index (χ2n) is 4.04. The number of hydrogen-bond acceptors (Lipinski definition) is 3. The molecule has 0 saturated heterocycles. The SMILES string of the molecule is Cc1csc(-c2nc(Cl)c3cccc(Br)c3n2)c1Cl. The molecule has 0 spiro atoms. The number of rotatable bonds is 1. The first kappa shape index (κ1) is 13.3. The predicted molar refractivity (Wildman–Crippen MR) is 85.3 cm³/mol. The van der Waals surface area contributed by atoms with Gasteiger partial charge < -0.3 is 0 Å². The number of aryl methyl sites for hydroxylation is 1. The highest BCUT2D eigenvalue weighted by molar-refractivity contribution is 9.10. The molecule has 0 radical (unpaired) electrons. The van der Waals surface area contributed by atoms with Crippen LogP contribution >= 0.6 is 50.5 Å². The van der Waals surface area contributed by atoms with Gasteiger partial charge in [0.1, 0.15) is 5.15 Å². The minimum Gasteiger partial charge on any atom is -0.226 e. The Hall–Kier alpha value is -0.680. The number of benzene rings is 1. The first-order chi connectivity index (χ1) is 9.08. The minimum absolute atomic E-state index is 0.434. The van der Waals surface area contributed by atoms with Crippen LogP contribution in [0.5, 0.6) is 0 Å². The van der Waals surface area contributed by atoms with Gasteiger partial charge in [-0.1, -0.05) is 29.3 Å². The molecule has 2 nitrogen and oxygen atoms in total. The molecule has 1 aromatic carbocycles. The Morgan fingerprint density at radius 3 is 2.68 bits per heavy atom. The van der Waals surface area contributed by atoms with Crippen molar-refractivity contribution in [3.05, 3.63) is 43.8 Å². The quantitative estimate of drug-likeness (QED) is 0.508. The van der Waals surface area contributed by atoms with Crippen molar-refractivity contribution in [2.24, 2.45) is 0 Å². The average Bonchev–Trinajstić information content (AvgIpc) is 2.71. The Balaban J connectivity index is 2.32. The molecule has 0 saturated carbocycles. The van der Waals surface area contributed by atoms with E-state index in [1.165, 1.54) is 11.3 Å². The van der Waals surface area contributed by atoms with Gasteiger partial charge in [-0.15, -0.1) is 11.3 Å². The van der Waals surface area contributed by atoms with Gasteiger partial charge in [0.05, 0.1) is 15.4 Å². The lowest BCUT2D eigenvalue weighted by atomic mass is 10.2. The van der Waals surface area contributed by atoms with E-state index in [2.05, 4.69) is 25.9 Å². The highest BCUT2D eigenvalue weighted by atomic mass is 79.9. The van der Waals surface area contributed by atoms with Crippen molar-refractivity contribution in [1.29, 1.82) is 0 Å². The molecule has 2 heterocycles. The van der Waals surface area contributed by atoms with Gasteiger partial charge in [-0.25, -0.2) is 9.97 Å². The zero-order valence-corrected chi connectivity index (χ0v) is 13.7. The van der Waals surface area contributed by atoms with Crippen LogP contribution in [0.4, 0.5) is 0 Å². The fourth-order valence-electron chi connectivity index (χ4n) is 1.76. The van der Waals surface area contributed by atoms with E-state index in [4.69, 9.17) is 23.2 Å². The summed E-state index contributed by atoms with van der Waals surface area (Å²) in [7, 11) is 0. The monoisotopic (exact) mass is 372 g/mol. The molecule has 0 aliphatic carbocycles. The van der Waals surface area contributed by atoms with Gasteiger partial charge in [0.15, 0.2) is 5.82 Å². The number of hydrogen-bond donors (Lipinski definition) is 0. The average molecular weight is 374 g/mol. The molecule has 0 fully saturated rings. The Morgan fingerprint density at radius 1 is 1.21 bits per heavy atom. The van der Waals surface area contributed by atoms with Gasteiger partial charge >= 0.3 is 0 Å². The van der Waals surface area contributed by atoms with Gasteiger partial charge in [-0.3, -0.25) is 0 Å². The van der Waals surface area contributed by atoms with Crippen molar-refractivity contribution < 1.29 is 0 Å². The second kappa shape index (κ2) is 5.02. The molecule has 2 aromatic heterocycles. The van der Waals surface area contributed by atoms with Crippen LogP contribution in [0.3, 0.4) is 0 Å².